The van der Waals surface area contributed by atoms with E-state index in [1.807, 2.05) is 13.0 Å². The molecule has 0 amide bonds. The van der Waals surface area contributed by atoms with Gasteiger partial charge in [0.15, 0.2) is 0 Å². The number of H-pyrrole nitrogens is 1. The molecule has 0 saturated carbocycles. The lowest BCUT2D eigenvalue weighted by Gasteiger charge is -2.09. The molecule has 0 radical (unpaired) electrons. The summed E-state index contributed by atoms with van der Waals surface area (Å²) in [6, 6.07) is 5.20. The molecule has 3 N–H and O–H groups in total. The van der Waals surface area contributed by atoms with Gasteiger partial charge in [0.1, 0.15) is 11.5 Å². The SMILES string of the molecule is Cc1ccc(C#CCO)c(NS(=O)(=O)c2cn[nH]c2)c1. The Balaban J connectivity index is 2.40. The van der Waals surface area contributed by atoms with Gasteiger partial charge < -0.3 is 5.11 Å². The zero-order valence-electron chi connectivity index (χ0n) is 10.7. The molecule has 1 aromatic heterocycles. The van der Waals surface area contributed by atoms with Gasteiger partial charge in [-0.25, -0.2) is 8.42 Å². The van der Waals surface area contributed by atoms with E-state index in [9.17, 15) is 8.42 Å². The van der Waals surface area contributed by atoms with Crippen LogP contribution in [-0.4, -0.2) is 30.3 Å². The lowest BCUT2D eigenvalue weighted by Crippen LogP contribution is -2.13. The third-order valence-corrected chi connectivity index (χ3v) is 3.84. The number of aryl methyl sites for hydroxylation is 1. The van der Waals surface area contributed by atoms with E-state index in [1.54, 1.807) is 12.1 Å². The Morgan fingerprint density at radius 3 is 2.90 bits per heavy atom. The number of anilines is 1. The van der Waals surface area contributed by atoms with E-state index in [1.165, 1.54) is 12.4 Å². The average molecular weight is 291 g/mol. The summed E-state index contributed by atoms with van der Waals surface area (Å²) in [5.41, 5.74) is 1.76. The fourth-order valence-corrected chi connectivity index (χ4v) is 2.55. The van der Waals surface area contributed by atoms with Gasteiger partial charge in [0, 0.05) is 11.8 Å². The molecule has 0 fully saturated rings. The van der Waals surface area contributed by atoms with Crippen LogP contribution in [0.1, 0.15) is 11.1 Å². The number of benzene rings is 1. The summed E-state index contributed by atoms with van der Waals surface area (Å²) in [6.07, 6.45) is 2.51. The number of rotatable bonds is 3. The van der Waals surface area contributed by atoms with E-state index < -0.39 is 10.0 Å². The van der Waals surface area contributed by atoms with Crippen LogP contribution in [-0.2, 0) is 10.0 Å². The Morgan fingerprint density at radius 2 is 2.25 bits per heavy atom. The molecule has 0 atom stereocenters. The predicted octanol–water partition coefficient (Wildman–Crippen LogP) is 0.863. The van der Waals surface area contributed by atoms with Crippen molar-refractivity contribution in [2.75, 3.05) is 11.3 Å². The fraction of sp³-hybridized carbons (Fsp3) is 0.154. The van der Waals surface area contributed by atoms with Crippen molar-refractivity contribution in [3.63, 3.8) is 0 Å². The van der Waals surface area contributed by atoms with E-state index >= 15 is 0 Å². The summed E-state index contributed by atoms with van der Waals surface area (Å²) in [7, 11) is -3.71. The highest BCUT2D eigenvalue weighted by atomic mass is 32.2. The first-order valence-electron chi connectivity index (χ1n) is 5.75. The fourth-order valence-electron chi connectivity index (χ4n) is 1.58. The largest absolute Gasteiger partial charge is 0.384 e. The van der Waals surface area contributed by atoms with Crippen LogP contribution >= 0.6 is 0 Å². The normalized spacial score (nSPS) is 10.7. The van der Waals surface area contributed by atoms with Gasteiger partial charge in [0.05, 0.1) is 11.9 Å². The predicted molar refractivity (Wildman–Crippen MR) is 74.5 cm³/mol. The number of aliphatic hydroxyl groups excluding tert-OH is 1. The molecule has 0 aliphatic heterocycles. The van der Waals surface area contributed by atoms with Crippen LogP contribution in [0.5, 0.6) is 0 Å². The van der Waals surface area contributed by atoms with Gasteiger partial charge in [-0.15, -0.1) is 0 Å². The standard InChI is InChI=1S/C13H13N3O3S/c1-10-4-5-11(3-2-6-17)13(7-10)16-20(18,19)12-8-14-15-9-12/h4-5,7-9,16-17H,6H2,1H3,(H,14,15). The maximum absolute atomic E-state index is 12.1. The van der Waals surface area contributed by atoms with Gasteiger partial charge in [0.25, 0.3) is 10.0 Å². The number of aromatic amines is 1. The van der Waals surface area contributed by atoms with Crippen LogP contribution < -0.4 is 4.72 Å². The summed E-state index contributed by atoms with van der Waals surface area (Å²) in [5.74, 6) is 5.20. The average Bonchev–Trinajstić information content (AvgIpc) is 2.92. The topological polar surface area (TPSA) is 95.1 Å². The molecular formula is C13H13N3O3S. The zero-order chi connectivity index (χ0) is 14.6. The highest BCUT2D eigenvalue weighted by molar-refractivity contribution is 7.92. The first-order valence-corrected chi connectivity index (χ1v) is 7.23. The number of hydrogen-bond acceptors (Lipinski definition) is 4. The Hall–Kier alpha value is -2.30. The summed E-state index contributed by atoms with van der Waals surface area (Å²) >= 11 is 0. The smallest absolute Gasteiger partial charge is 0.265 e. The third kappa shape index (κ3) is 3.17. The molecule has 7 heteroatoms. The number of aliphatic hydroxyl groups is 1. The van der Waals surface area contributed by atoms with Gasteiger partial charge >= 0.3 is 0 Å². The molecule has 0 aliphatic carbocycles. The van der Waals surface area contributed by atoms with Crippen molar-refractivity contribution in [3.05, 3.63) is 41.7 Å². The molecule has 0 spiro atoms. The van der Waals surface area contributed by atoms with Crippen molar-refractivity contribution in [1.82, 2.24) is 10.2 Å². The summed E-state index contributed by atoms with van der Waals surface area (Å²) in [5, 5.41) is 14.8. The van der Waals surface area contributed by atoms with Crippen LogP contribution in [0.3, 0.4) is 0 Å². The molecule has 2 rings (SSSR count). The van der Waals surface area contributed by atoms with E-state index in [4.69, 9.17) is 5.11 Å². The molecule has 6 nitrogen and oxygen atoms in total. The molecular weight excluding hydrogens is 278 g/mol. The van der Waals surface area contributed by atoms with Gasteiger partial charge in [-0.05, 0) is 24.6 Å². The molecule has 104 valence electrons. The minimum Gasteiger partial charge on any atom is -0.384 e. The molecule has 1 heterocycles. The Bertz CT molecular complexity index is 756. The number of hydrogen-bond donors (Lipinski definition) is 3. The summed E-state index contributed by atoms with van der Waals surface area (Å²) in [6.45, 7) is 1.56. The lowest BCUT2D eigenvalue weighted by molar-refractivity contribution is 0.350. The van der Waals surface area contributed by atoms with E-state index in [0.29, 0.717) is 11.3 Å². The zero-order valence-corrected chi connectivity index (χ0v) is 11.5. The molecule has 0 saturated heterocycles. The lowest BCUT2D eigenvalue weighted by atomic mass is 10.1. The van der Waals surface area contributed by atoms with E-state index in [2.05, 4.69) is 26.8 Å². The monoisotopic (exact) mass is 291 g/mol. The second kappa shape index (κ2) is 5.77. The van der Waals surface area contributed by atoms with Crippen molar-refractivity contribution >= 4 is 15.7 Å². The van der Waals surface area contributed by atoms with Gasteiger partial charge in [-0.2, -0.15) is 5.10 Å². The van der Waals surface area contributed by atoms with Crippen molar-refractivity contribution in [2.24, 2.45) is 0 Å². The Labute approximate surface area is 116 Å². The van der Waals surface area contributed by atoms with Crippen LogP contribution in [0.2, 0.25) is 0 Å². The molecule has 0 aliphatic rings. The Morgan fingerprint density at radius 1 is 1.45 bits per heavy atom. The minimum atomic E-state index is -3.71. The van der Waals surface area contributed by atoms with E-state index in [0.717, 1.165) is 5.56 Å². The molecule has 2 aromatic rings. The van der Waals surface area contributed by atoms with Crippen molar-refractivity contribution < 1.29 is 13.5 Å². The van der Waals surface area contributed by atoms with Crippen molar-refractivity contribution in [1.29, 1.82) is 0 Å². The van der Waals surface area contributed by atoms with Crippen LogP contribution in [0.4, 0.5) is 5.69 Å². The van der Waals surface area contributed by atoms with Gasteiger partial charge in [0.2, 0.25) is 0 Å². The van der Waals surface area contributed by atoms with Crippen LogP contribution in [0.25, 0.3) is 0 Å². The molecule has 0 bridgehead atoms. The Kier molecular flexibility index (Phi) is 4.08. The highest BCUT2D eigenvalue weighted by Crippen LogP contribution is 2.20. The highest BCUT2D eigenvalue weighted by Gasteiger charge is 2.16. The van der Waals surface area contributed by atoms with Gasteiger partial charge in [-0.1, -0.05) is 17.9 Å². The number of nitrogens with zero attached hydrogens (tertiary/aromatic N) is 1. The molecule has 1 aromatic carbocycles. The molecule has 0 unspecified atom stereocenters. The van der Waals surface area contributed by atoms with E-state index in [-0.39, 0.29) is 11.5 Å². The number of sulfonamides is 1. The first-order chi connectivity index (χ1) is 9.53. The second-order valence-corrected chi connectivity index (χ2v) is 5.73. The van der Waals surface area contributed by atoms with Crippen LogP contribution in [0.15, 0.2) is 35.5 Å². The maximum atomic E-state index is 12.1. The van der Waals surface area contributed by atoms with Gasteiger partial charge in [-0.3, -0.25) is 9.82 Å². The number of nitrogens with one attached hydrogen (secondary N) is 2. The quantitative estimate of drug-likeness (QED) is 0.731. The molecule has 20 heavy (non-hydrogen) atoms. The maximum Gasteiger partial charge on any atom is 0.265 e. The second-order valence-electron chi connectivity index (χ2n) is 4.05. The minimum absolute atomic E-state index is 0.0417. The number of aromatic nitrogens is 2. The van der Waals surface area contributed by atoms with Crippen LogP contribution in [0, 0.1) is 18.8 Å². The first kappa shape index (κ1) is 14.1. The summed E-state index contributed by atoms with van der Waals surface area (Å²) in [4.78, 5) is 0.0417. The summed E-state index contributed by atoms with van der Waals surface area (Å²) < 4.78 is 26.7. The third-order valence-electron chi connectivity index (χ3n) is 2.50. The van der Waals surface area contributed by atoms with Crippen molar-refractivity contribution in [2.45, 2.75) is 11.8 Å². The van der Waals surface area contributed by atoms with Crippen molar-refractivity contribution in [3.8, 4) is 11.8 Å².